The van der Waals surface area contributed by atoms with Gasteiger partial charge in [-0.15, -0.1) is 0 Å². The number of para-hydroxylation sites is 1. The first-order valence-corrected chi connectivity index (χ1v) is 13.0. The summed E-state index contributed by atoms with van der Waals surface area (Å²) in [6.45, 7) is 5.53. The number of carbonyl (C=O) groups excluding carboxylic acids is 3. The summed E-state index contributed by atoms with van der Waals surface area (Å²) in [5.41, 5.74) is 3.16. The first-order valence-electron chi connectivity index (χ1n) is 12.2. The lowest BCUT2D eigenvalue weighted by molar-refractivity contribution is -0.136. The number of benzene rings is 2. The van der Waals surface area contributed by atoms with Gasteiger partial charge in [-0.1, -0.05) is 43.3 Å². The molecule has 0 radical (unpaired) electrons. The average Bonchev–Trinajstić information content (AvgIpc) is 3.29. The Hall–Kier alpha value is -3.39. The molecule has 2 fully saturated rings. The van der Waals surface area contributed by atoms with Crippen molar-refractivity contribution in [2.45, 2.75) is 33.2 Å². The summed E-state index contributed by atoms with van der Waals surface area (Å²) in [4.78, 5) is 41.7. The molecule has 6 nitrogen and oxygen atoms in total. The van der Waals surface area contributed by atoms with Crippen LogP contribution in [-0.2, 0) is 16.1 Å². The lowest BCUT2D eigenvalue weighted by Gasteiger charge is -2.31. The third kappa shape index (κ3) is 4.57. The van der Waals surface area contributed by atoms with Crippen LogP contribution in [0.4, 0.5) is 9.18 Å². The van der Waals surface area contributed by atoms with Crippen molar-refractivity contribution in [3.05, 3.63) is 76.1 Å². The Morgan fingerprint density at radius 1 is 1.08 bits per heavy atom. The number of thioether (sulfide) groups is 1. The summed E-state index contributed by atoms with van der Waals surface area (Å²) in [5.74, 6) is -0.333. The zero-order valence-electron chi connectivity index (χ0n) is 20.4. The number of piperidine rings is 1. The number of halogens is 1. The van der Waals surface area contributed by atoms with Crippen LogP contribution in [0.25, 0.3) is 17.0 Å². The zero-order valence-corrected chi connectivity index (χ0v) is 21.2. The van der Waals surface area contributed by atoms with Gasteiger partial charge in [0.2, 0.25) is 5.91 Å². The maximum Gasteiger partial charge on any atom is 0.294 e. The van der Waals surface area contributed by atoms with Gasteiger partial charge in [-0.2, -0.15) is 0 Å². The van der Waals surface area contributed by atoms with Crippen molar-refractivity contribution in [1.82, 2.24) is 14.4 Å². The Kier molecular flexibility index (Phi) is 6.71. The number of hydrogen-bond donors (Lipinski definition) is 0. The van der Waals surface area contributed by atoms with E-state index in [0.29, 0.717) is 31.1 Å². The second kappa shape index (κ2) is 9.93. The molecule has 0 saturated carbocycles. The minimum absolute atomic E-state index is 0.192. The average molecular weight is 506 g/mol. The minimum atomic E-state index is -0.450. The fourth-order valence-electron chi connectivity index (χ4n) is 4.90. The predicted octanol–water partition coefficient (Wildman–Crippen LogP) is 5.43. The maximum atomic E-state index is 14.4. The van der Waals surface area contributed by atoms with Gasteiger partial charge >= 0.3 is 0 Å². The van der Waals surface area contributed by atoms with Crippen LogP contribution in [0.15, 0.2) is 53.4 Å². The highest BCUT2D eigenvalue weighted by atomic mass is 32.2. The summed E-state index contributed by atoms with van der Waals surface area (Å²) >= 11 is 0.857. The van der Waals surface area contributed by atoms with Gasteiger partial charge in [0.25, 0.3) is 11.1 Å². The molecule has 3 aromatic rings. The highest BCUT2D eigenvalue weighted by molar-refractivity contribution is 8.18. The van der Waals surface area contributed by atoms with E-state index < -0.39 is 11.1 Å². The van der Waals surface area contributed by atoms with Gasteiger partial charge in [0.15, 0.2) is 0 Å². The number of likely N-dealkylation sites (tertiary alicyclic amines) is 1. The molecule has 2 aliphatic heterocycles. The van der Waals surface area contributed by atoms with E-state index in [2.05, 4.69) is 6.92 Å². The molecular formula is C28H28FN3O3S. The van der Waals surface area contributed by atoms with Crippen molar-refractivity contribution in [3.8, 4) is 0 Å². The van der Waals surface area contributed by atoms with E-state index in [9.17, 15) is 18.8 Å². The molecule has 0 atom stereocenters. The molecule has 3 heterocycles. The number of fused-ring (bicyclic) bond motifs is 1. The smallest absolute Gasteiger partial charge is 0.294 e. The molecule has 1 aromatic heterocycles. The molecule has 186 valence electrons. The third-order valence-corrected chi connectivity index (χ3v) is 8.05. The van der Waals surface area contributed by atoms with Crippen LogP contribution in [0.3, 0.4) is 0 Å². The van der Waals surface area contributed by atoms with Crippen LogP contribution >= 0.6 is 11.8 Å². The molecule has 5 rings (SSSR count). The van der Waals surface area contributed by atoms with Crippen LogP contribution in [-0.4, -0.2) is 51.1 Å². The van der Waals surface area contributed by atoms with Gasteiger partial charge < -0.3 is 9.47 Å². The van der Waals surface area contributed by atoms with E-state index in [4.69, 9.17) is 0 Å². The van der Waals surface area contributed by atoms with Crippen molar-refractivity contribution in [3.63, 3.8) is 0 Å². The monoisotopic (exact) mass is 505 g/mol. The minimum Gasteiger partial charge on any atom is -0.341 e. The lowest BCUT2D eigenvalue weighted by Crippen LogP contribution is -2.45. The van der Waals surface area contributed by atoms with Gasteiger partial charge in [-0.25, -0.2) is 4.39 Å². The number of hydrogen-bond acceptors (Lipinski definition) is 4. The highest BCUT2D eigenvalue weighted by Gasteiger charge is 2.37. The molecule has 0 unspecified atom stereocenters. The van der Waals surface area contributed by atoms with Crippen LogP contribution < -0.4 is 0 Å². The number of nitrogens with zero attached hydrogens (tertiary/aromatic N) is 3. The summed E-state index contributed by atoms with van der Waals surface area (Å²) in [6.07, 6.45) is 3.60. The Morgan fingerprint density at radius 2 is 1.78 bits per heavy atom. The summed E-state index contributed by atoms with van der Waals surface area (Å²) < 4.78 is 16.4. The second-order valence-electron chi connectivity index (χ2n) is 9.52. The number of carbonyl (C=O) groups is 3. The van der Waals surface area contributed by atoms with Crippen LogP contribution in [0.2, 0.25) is 0 Å². The van der Waals surface area contributed by atoms with E-state index in [1.165, 1.54) is 6.07 Å². The first-order chi connectivity index (χ1) is 17.3. The van der Waals surface area contributed by atoms with Crippen molar-refractivity contribution < 1.29 is 18.8 Å². The molecule has 0 bridgehead atoms. The van der Waals surface area contributed by atoms with Gasteiger partial charge in [0, 0.05) is 40.8 Å². The largest absolute Gasteiger partial charge is 0.341 e. The topological polar surface area (TPSA) is 62.6 Å². The number of amides is 3. The second-order valence-corrected chi connectivity index (χ2v) is 10.5. The first kappa shape index (κ1) is 24.3. The fraction of sp³-hybridized carbons (Fsp3) is 0.321. The van der Waals surface area contributed by atoms with Crippen LogP contribution in [0, 0.1) is 18.7 Å². The van der Waals surface area contributed by atoms with Crippen molar-refractivity contribution in [2.75, 3.05) is 19.6 Å². The Labute approximate surface area is 213 Å². The van der Waals surface area contributed by atoms with Crippen molar-refractivity contribution >= 4 is 45.8 Å². The molecule has 0 spiro atoms. The maximum absolute atomic E-state index is 14.4. The Bertz CT molecular complexity index is 1390. The van der Waals surface area contributed by atoms with Crippen LogP contribution in [0.1, 0.15) is 36.6 Å². The molecule has 2 saturated heterocycles. The van der Waals surface area contributed by atoms with E-state index in [-0.39, 0.29) is 23.2 Å². The lowest BCUT2D eigenvalue weighted by atomic mass is 9.99. The van der Waals surface area contributed by atoms with E-state index in [0.717, 1.165) is 51.7 Å². The molecule has 0 aliphatic carbocycles. The molecule has 3 amide bonds. The van der Waals surface area contributed by atoms with Gasteiger partial charge in [0.05, 0.1) is 11.4 Å². The van der Waals surface area contributed by atoms with E-state index in [1.807, 2.05) is 41.8 Å². The molecule has 2 aliphatic rings. The SMILES string of the molecule is Cc1c(/C=C2\SC(=O)N(CC(=O)N3CCC(C)CC3)C2=O)c2ccccc2n1Cc1ccccc1F. The summed E-state index contributed by atoms with van der Waals surface area (Å²) in [7, 11) is 0. The fourth-order valence-corrected chi connectivity index (χ4v) is 5.72. The summed E-state index contributed by atoms with van der Waals surface area (Å²) in [5, 5.41) is 0.481. The normalized spacial score (nSPS) is 18.1. The molecule has 36 heavy (non-hydrogen) atoms. The van der Waals surface area contributed by atoms with E-state index in [1.54, 1.807) is 23.1 Å². The van der Waals surface area contributed by atoms with Gasteiger partial charge in [0.1, 0.15) is 12.4 Å². The standard InChI is InChI=1S/C28H28FN3O3S/c1-18-11-13-30(14-12-18)26(33)17-32-27(34)25(36-28(32)35)15-22-19(2)31(24-10-6-4-8-21(22)24)16-20-7-3-5-9-23(20)29/h3-10,15,18H,11-14,16-17H2,1-2H3/b25-15-. The number of imide groups is 1. The van der Waals surface area contributed by atoms with E-state index >= 15 is 0 Å². The Morgan fingerprint density at radius 3 is 2.53 bits per heavy atom. The van der Waals surface area contributed by atoms with Crippen molar-refractivity contribution in [1.29, 1.82) is 0 Å². The molecule has 8 heteroatoms. The van der Waals surface area contributed by atoms with Gasteiger partial charge in [-0.3, -0.25) is 19.3 Å². The number of rotatable bonds is 5. The number of aromatic nitrogens is 1. The van der Waals surface area contributed by atoms with Crippen molar-refractivity contribution in [2.24, 2.45) is 5.92 Å². The quantitative estimate of drug-likeness (QED) is 0.434. The Balaban J connectivity index is 1.43. The zero-order chi connectivity index (χ0) is 25.4. The van der Waals surface area contributed by atoms with Gasteiger partial charge in [-0.05, 0) is 55.7 Å². The third-order valence-electron chi connectivity index (χ3n) is 7.14. The molecule has 2 aromatic carbocycles. The molecular weight excluding hydrogens is 477 g/mol. The predicted molar refractivity (Wildman–Crippen MR) is 140 cm³/mol. The summed E-state index contributed by atoms with van der Waals surface area (Å²) in [6, 6.07) is 14.4. The highest BCUT2D eigenvalue weighted by Crippen LogP contribution is 2.36. The van der Waals surface area contributed by atoms with Crippen LogP contribution in [0.5, 0.6) is 0 Å². The molecule has 0 N–H and O–H groups in total.